The van der Waals surface area contributed by atoms with Crippen LogP contribution in [0.25, 0.3) is 0 Å². The van der Waals surface area contributed by atoms with Crippen molar-refractivity contribution in [1.82, 2.24) is 5.43 Å². The van der Waals surface area contributed by atoms with E-state index in [9.17, 15) is 4.79 Å². The molecule has 138 valence electrons. The summed E-state index contributed by atoms with van der Waals surface area (Å²) in [5.41, 5.74) is 5.98. The third-order valence-electron chi connectivity index (χ3n) is 3.62. The van der Waals surface area contributed by atoms with Crippen LogP contribution in [-0.2, 0) is 10.5 Å². The van der Waals surface area contributed by atoms with Crippen LogP contribution in [0.2, 0.25) is 0 Å². The lowest BCUT2D eigenvalue weighted by Gasteiger charge is -2.08. The number of carbonyl (C=O) groups excluding carboxylic acids is 1. The summed E-state index contributed by atoms with van der Waals surface area (Å²) in [5, 5.41) is 4.01. The predicted molar refractivity (Wildman–Crippen MR) is 110 cm³/mol. The van der Waals surface area contributed by atoms with Crippen molar-refractivity contribution < 1.29 is 9.53 Å². The van der Waals surface area contributed by atoms with Crippen LogP contribution in [0.15, 0.2) is 53.6 Å². The first-order chi connectivity index (χ1) is 12.5. The average Bonchev–Trinajstić information content (AvgIpc) is 2.62. The fourth-order valence-corrected chi connectivity index (χ4v) is 3.05. The Balaban J connectivity index is 1.70. The molecule has 0 aliphatic heterocycles. The van der Waals surface area contributed by atoms with Crippen LogP contribution in [0.1, 0.15) is 30.5 Å². The third kappa shape index (κ3) is 7.31. The first-order valence-corrected chi connectivity index (χ1v) is 9.87. The maximum absolute atomic E-state index is 11.8. The summed E-state index contributed by atoms with van der Waals surface area (Å²) in [6.07, 6.45) is 1.64. The van der Waals surface area contributed by atoms with E-state index in [0.29, 0.717) is 18.3 Å². The zero-order chi connectivity index (χ0) is 18.8. The Labute approximate surface area is 160 Å². The molecule has 0 heterocycles. The highest BCUT2D eigenvalue weighted by atomic mass is 32.2. The molecule has 0 saturated heterocycles. The first kappa shape index (κ1) is 20.0. The summed E-state index contributed by atoms with van der Waals surface area (Å²) < 4.78 is 5.64. The van der Waals surface area contributed by atoms with Crippen molar-refractivity contribution in [2.75, 3.05) is 12.4 Å². The van der Waals surface area contributed by atoms with Gasteiger partial charge in [-0.3, -0.25) is 4.79 Å². The molecule has 0 spiro atoms. The minimum Gasteiger partial charge on any atom is -0.493 e. The topological polar surface area (TPSA) is 50.7 Å². The van der Waals surface area contributed by atoms with Crippen LogP contribution >= 0.6 is 11.8 Å². The van der Waals surface area contributed by atoms with E-state index in [1.807, 2.05) is 36.4 Å². The molecule has 0 saturated carbocycles. The maximum atomic E-state index is 11.8. The lowest BCUT2D eigenvalue weighted by atomic mass is 10.1. The summed E-state index contributed by atoms with van der Waals surface area (Å²) >= 11 is 1.58. The zero-order valence-corrected chi connectivity index (χ0v) is 16.4. The van der Waals surface area contributed by atoms with E-state index in [1.165, 1.54) is 11.1 Å². The highest BCUT2D eigenvalue weighted by Crippen LogP contribution is 2.15. The molecule has 2 rings (SSSR count). The molecule has 5 heteroatoms. The molecule has 2 aromatic carbocycles. The molecule has 0 aliphatic carbocycles. The van der Waals surface area contributed by atoms with Gasteiger partial charge in [0.1, 0.15) is 5.75 Å². The van der Waals surface area contributed by atoms with Gasteiger partial charge in [-0.15, -0.1) is 11.8 Å². The molecular formula is C21H26N2O2S. The van der Waals surface area contributed by atoms with Crippen molar-refractivity contribution in [2.24, 2.45) is 11.0 Å². The Morgan fingerprint density at radius 3 is 2.62 bits per heavy atom. The minimum absolute atomic E-state index is 0.100. The van der Waals surface area contributed by atoms with E-state index >= 15 is 0 Å². The van der Waals surface area contributed by atoms with E-state index in [4.69, 9.17) is 4.74 Å². The Morgan fingerprint density at radius 2 is 1.92 bits per heavy atom. The molecule has 0 fully saturated rings. The summed E-state index contributed by atoms with van der Waals surface area (Å²) in [4.78, 5) is 11.8. The molecule has 0 atom stereocenters. The summed E-state index contributed by atoms with van der Waals surface area (Å²) in [7, 11) is 0. The van der Waals surface area contributed by atoms with Gasteiger partial charge < -0.3 is 4.74 Å². The first-order valence-electron chi connectivity index (χ1n) is 8.71. The standard InChI is InChI=1S/C21H26N2O2S/c1-16(2)13-25-20-10-8-18(9-11-20)12-22-23-21(24)15-26-14-19-7-5-4-6-17(19)3/h4-12,16H,13-15H2,1-3H3,(H,23,24)/b22-12-. The lowest BCUT2D eigenvalue weighted by molar-refractivity contribution is -0.118. The summed E-state index contributed by atoms with van der Waals surface area (Å²) in [6.45, 7) is 7.01. The summed E-state index contributed by atoms with van der Waals surface area (Å²) in [5.74, 6) is 2.44. The average molecular weight is 371 g/mol. The second-order valence-electron chi connectivity index (χ2n) is 6.49. The molecule has 0 unspecified atom stereocenters. The van der Waals surface area contributed by atoms with E-state index in [1.54, 1.807) is 18.0 Å². The maximum Gasteiger partial charge on any atom is 0.250 e. The largest absolute Gasteiger partial charge is 0.493 e. The smallest absolute Gasteiger partial charge is 0.250 e. The Bertz CT molecular complexity index is 727. The number of amides is 1. The van der Waals surface area contributed by atoms with Gasteiger partial charge in [0.15, 0.2) is 0 Å². The van der Waals surface area contributed by atoms with Gasteiger partial charge >= 0.3 is 0 Å². The number of ether oxygens (including phenoxy) is 1. The second kappa shape index (κ2) is 10.7. The van der Waals surface area contributed by atoms with Crippen LogP contribution in [0.4, 0.5) is 0 Å². The quantitative estimate of drug-likeness (QED) is 0.525. The van der Waals surface area contributed by atoms with E-state index in [2.05, 4.69) is 43.4 Å². The lowest BCUT2D eigenvalue weighted by Crippen LogP contribution is -2.19. The molecule has 4 nitrogen and oxygen atoms in total. The molecule has 0 bridgehead atoms. The highest BCUT2D eigenvalue weighted by Gasteiger charge is 2.02. The van der Waals surface area contributed by atoms with Gasteiger partial charge in [-0.25, -0.2) is 5.43 Å². The van der Waals surface area contributed by atoms with Crippen LogP contribution in [0, 0.1) is 12.8 Å². The van der Waals surface area contributed by atoms with Crippen molar-refractivity contribution in [2.45, 2.75) is 26.5 Å². The number of hydrogen-bond acceptors (Lipinski definition) is 4. The number of carbonyl (C=O) groups is 1. The van der Waals surface area contributed by atoms with Gasteiger partial charge in [-0.1, -0.05) is 38.1 Å². The van der Waals surface area contributed by atoms with Crippen LogP contribution < -0.4 is 10.2 Å². The third-order valence-corrected chi connectivity index (χ3v) is 4.60. The van der Waals surface area contributed by atoms with Crippen molar-refractivity contribution in [3.8, 4) is 5.75 Å². The van der Waals surface area contributed by atoms with Gasteiger partial charge in [0, 0.05) is 5.75 Å². The van der Waals surface area contributed by atoms with Gasteiger partial charge in [0.05, 0.1) is 18.6 Å². The van der Waals surface area contributed by atoms with E-state index < -0.39 is 0 Å². The zero-order valence-electron chi connectivity index (χ0n) is 15.6. The number of aryl methyl sites for hydroxylation is 1. The Kier molecular flexibility index (Phi) is 8.22. The number of hydrazone groups is 1. The number of benzene rings is 2. The number of nitrogens with one attached hydrogen (secondary N) is 1. The Morgan fingerprint density at radius 1 is 1.19 bits per heavy atom. The molecule has 1 amide bonds. The Hall–Kier alpha value is -2.27. The van der Waals surface area contributed by atoms with Gasteiger partial charge in [0.2, 0.25) is 5.91 Å². The molecule has 0 aromatic heterocycles. The van der Waals surface area contributed by atoms with Gasteiger partial charge in [0.25, 0.3) is 0 Å². The van der Waals surface area contributed by atoms with Crippen molar-refractivity contribution in [1.29, 1.82) is 0 Å². The predicted octanol–water partition coefficient (Wildman–Crippen LogP) is 4.41. The van der Waals surface area contributed by atoms with Gasteiger partial charge in [-0.05, 0) is 53.8 Å². The number of hydrogen-bond donors (Lipinski definition) is 1. The molecule has 2 aromatic rings. The van der Waals surface area contributed by atoms with E-state index in [-0.39, 0.29) is 5.91 Å². The SMILES string of the molecule is Cc1ccccc1CSCC(=O)N/N=C\c1ccc(OCC(C)C)cc1. The molecule has 0 aliphatic rings. The fraction of sp³-hybridized carbons (Fsp3) is 0.333. The normalized spacial score (nSPS) is 11.1. The molecule has 0 radical (unpaired) electrons. The van der Waals surface area contributed by atoms with Gasteiger partial charge in [-0.2, -0.15) is 5.10 Å². The van der Waals surface area contributed by atoms with Crippen molar-refractivity contribution in [3.05, 3.63) is 65.2 Å². The fourth-order valence-electron chi connectivity index (χ4n) is 2.15. The minimum atomic E-state index is -0.100. The van der Waals surface area contributed by atoms with Crippen LogP contribution in [0.3, 0.4) is 0 Å². The van der Waals surface area contributed by atoms with Crippen LogP contribution in [-0.4, -0.2) is 24.5 Å². The number of thioether (sulfide) groups is 1. The highest BCUT2D eigenvalue weighted by molar-refractivity contribution is 7.99. The molecule has 26 heavy (non-hydrogen) atoms. The number of rotatable bonds is 9. The van der Waals surface area contributed by atoms with E-state index in [0.717, 1.165) is 17.1 Å². The van der Waals surface area contributed by atoms with Crippen molar-refractivity contribution in [3.63, 3.8) is 0 Å². The number of nitrogens with zero attached hydrogens (tertiary/aromatic N) is 1. The van der Waals surface area contributed by atoms with Crippen molar-refractivity contribution >= 4 is 23.9 Å². The molecule has 1 N–H and O–H groups in total. The monoisotopic (exact) mass is 370 g/mol. The summed E-state index contributed by atoms with van der Waals surface area (Å²) in [6, 6.07) is 15.9. The second-order valence-corrected chi connectivity index (χ2v) is 7.47. The van der Waals surface area contributed by atoms with Crippen LogP contribution in [0.5, 0.6) is 5.75 Å². The molecular weight excluding hydrogens is 344 g/mol.